The zero-order chi connectivity index (χ0) is 15.2. The average molecular weight is 300 g/mol. The molecule has 2 aromatic rings. The first-order chi connectivity index (χ1) is 10.8. The molecule has 7 heteroatoms. The topological polar surface area (TPSA) is 87.1 Å². The highest BCUT2D eigenvalue weighted by molar-refractivity contribution is 5.45. The van der Waals surface area contributed by atoms with Gasteiger partial charge >= 0.3 is 0 Å². The monoisotopic (exact) mass is 300 g/mol. The number of nitrogens with one attached hydrogen (secondary N) is 1. The second-order valence-corrected chi connectivity index (χ2v) is 5.36. The second-order valence-electron chi connectivity index (χ2n) is 5.36. The summed E-state index contributed by atoms with van der Waals surface area (Å²) in [5.74, 6) is 1.63. The molecule has 0 amide bonds. The van der Waals surface area contributed by atoms with Crippen LogP contribution >= 0.6 is 0 Å². The lowest BCUT2D eigenvalue weighted by molar-refractivity contribution is 0.163. The minimum atomic E-state index is 0.227. The molecule has 0 aromatic carbocycles. The van der Waals surface area contributed by atoms with Crippen molar-refractivity contribution in [1.29, 1.82) is 0 Å². The van der Waals surface area contributed by atoms with Gasteiger partial charge in [0.25, 0.3) is 0 Å². The van der Waals surface area contributed by atoms with E-state index in [0.29, 0.717) is 17.7 Å². The molecule has 0 atom stereocenters. The van der Waals surface area contributed by atoms with Gasteiger partial charge in [0.1, 0.15) is 0 Å². The lowest BCUT2D eigenvalue weighted by atomic mass is 9.93. The van der Waals surface area contributed by atoms with Crippen molar-refractivity contribution in [2.45, 2.75) is 18.8 Å². The molecule has 1 aliphatic heterocycles. The number of hydrogen-bond donors (Lipinski definition) is 2. The number of aliphatic hydroxyl groups is 1. The number of aliphatic hydroxyl groups excluding tert-OH is 1. The van der Waals surface area contributed by atoms with E-state index in [1.807, 2.05) is 6.07 Å². The van der Waals surface area contributed by atoms with Crippen molar-refractivity contribution in [2.75, 3.05) is 31.6 Å². The molecule has 1 saturated heterocycles. The van der Waals surface area contributed by atoms with Crippen LogP contribution in [0.4, 0.5) is 11.8 Å². The average Bonchev–Trinajstić information content (AvgIpc) is 2.57. The zero-order valence-corrected chi connectivity index (χ0v) is 12.4. The third-order valence-corrected chi connectivity index (χ3v) is 3.90. The summed E-state index contributed by atoms with van der Waals surface area (Å²) in [4.78, 5) is 19.3. The molecule has 0 spiro atoms. The molecule has 0 saturated carbocycles. The van der Waals surface area contributed by atoms with E-state index >= 15 is 0 Å². The summed E-state index contributed by atoms with van der Waals surface area (Å²) in [6.07, 6.45) is 8.79. The van der Waals surface area contributed by atoms with Crippen molar-refractivity contribution < 1.29 is 5.11 Å². The smallest absolute Gasteiger partial charge is 0.228 e. The summed E-state index contributed by atoms with van der Waals surface area (Å²) in [5, 5.41) is 12.1. The van der Waals surface area contributed by atoms with Crippen LogP contribution in [-0.4, -0.2) is 56.2 Å². The molecular formula is C15H20N6O. The number of piperidine rings is 1. The van der Waals surface area contributed by atoms with Gasteiger partial charge in [0.15, 0.2) is 5.82 Å². The fourth-order valence-electron chi connectivity index (χ4n) is 2.73. The number of likely N-dealkylation sites (tertiary alicyclic amines) is 1. The fourth-order valence-corrected chi connectivity index (χ4v) is 2.73. The van der Waals surface area contributed by atoms with E-state index in [1.54, 1.807) is 24.8 Å². The second kappa shape index (κ2) is 7.24. The van der Waals surface area contributed by atoms with Crippen molar-refractivity contribution in [1.82, 2.24) is 24.8 Å². The molecule has 7 nitrogen and oxygen atoms in total. The van der Waals surface area contributed by atoms with Gasteiger partial charge in [-0.3, -0.25) is 4.98 Å². The molecule has 116 valence electrons. The van der Waals surface area contributed by atoms with Crippen LogP contribution in [0.15, 0.2) is 30.9 Å². The number of nitrogens with zero attached hydrogens (tertiary/aromatic N) is 5. The van der Waals surface area contributed by atoms with Crippen molar-refractivity contribution in [3.63, 3.8) is 0 Å². The van der Waals surface area contributed by atoms with Gasteiger partial charge in [-0.15, -0.1) is 0 Å². The van der Waals surface area contributed by atoms with Gasteiger partial charge in [-0.1, -0.05) is 0 Å². The summed E-state index contributed by atoms with van der Waals surface area (Å²) < 4.78 is 0. The quantitative estimate of drug-likeness (QED) is 0.857. The van der Waals surface area contributed by atoms with Crippen LogP contribution in [-0.2, 0) is 0 Å². The number of aromatic nitrogens is 4. The van der Waals surface area contributed by atoms with Gasteiger partial charge in [0.2, 0.25) is 5.95 Å². The standard InChI is InChI=1S/C15H20N6O/c22-10-9-21-7-2-12(3-8-21)13-1-4-18-15(19-13)20-14-11-16-5-6-17-14/h1,4-6,11-12,22H,2-3,7-10H2,(H,17,18,19,20). The number of anilines is 2. The Morgan fingerprint density at radius 1 is 1.18 bits per heavy atom. The molecular weight excluding hydrogens is 280 g/mol. The fraction of sp³-hybridized carbons (Fsp3) is 0.467. The van der Waals surface area contributed by atoms with E-state index < -0.39 is 0 Å². The Bertz CT molecular complexity index is 586. The van der Waals surface area contributed by atoms with Gasteiger partial charge in [-0.2, -0.15) is 0 Å². The van der Waals surface area contributed by atoms with E-state index in [1.165, 1.54) is 0 Å². The Balaban J connectivity index is 1.64. The van der Waals surface area contributed by atoms with Crippen LogP contribution in [0.3, 0.4) is 0 Å². The van der Waals surface area contributed by atoms with Crippen LogP contribution in [0.2, 0.25) is 0 Å². The van der Waals surface area contributed by atoms with E-state index in [2.05, 4.69) is 30.2 Å². The van der Waals surface area contributed by atoms with Crippen LogP contribution < -0.4 is 5.32 Å². The molecule has 3 rings (SSSR count). The first-order valence-electron chi connectivity index (χ1n) is 7.54. The van der Waals surface area contributed by atoms with E-state index in [9.17, 15) is 0 Å². The lowest BCUT2D eigenvalue weighted by Gasteiger charge is -2.31. The van der Waals surface area contributed by atoms with Gasteiger partial charge in [0.05, 0.1) is 12.8 Å². The van der Waals surface area contributed by atoms with Gasteiger partial charge in [-0.05, 0) is 32.0 Å². The number of hydrogen-bond acceptors (Lipinski definition) is 7. The Morgan fingerprint density at radius 3 is 2.77 bits per heavy atom. The summed E-state index contributed by atoms with van der Waals surface area (Å²) in [5.41, 5.74) is 1.06. The predicted octanol–water partition coefficient (Wildman–Crippen LogP) is 1.18. The lowest BCUT2D eigenvalue weighted by Crippen LogP contribution is -2.35. The highest BCUT2D eigenvalue weighted by Gasteiger charge is 2.21. The van der Waals surface area contributed by atoms with Gasteiger partial charge < -0.3 is 15.3 Å². The molecule has 0 aliphatic carbocycles. The Hall–Kier alpha value is -2.12. The number of β-amino-alcohol motifs (C(OH)–C–C–N with tert-alkyl or cyclic N) is 1. The first-order valence-corrected chi connectivity index (χ1v) is 7.54. The molecule has 1 fully saturated rings. The maximum atomic E-state index is 9.00. The van der Waals surface area contributed by atoms with Gasteiger partial charge in [0, 0.05) is 36.7 Å². The maximum absolute atomic E-state index is 9.00. The van der Waals surface area contributed by atoms with E-state index in [4.69, 9.17) is 5.11 Å². The van der Waals surface area contributed by atoms with Crippen molar-refractivity contribution in [3.8, 4) is 0 Å². The Labute approximate surface area is 129 Å². The molecule has 1 aliphatic rings. The predicted molar refractivity (Wildman–Crippen MR) is 82.8 cm³/mol. The number of rotatable bonds is 5. The Morgan fingerprint density at radius 2 is 2.05 bits per heavy atom. The summed E-state index contributed by atoms with van der Waals surface area (Å²) in [6, 6.07) is 1.98. The summed E-state index contributed by atoms with van der Waals surface area (Å²) in [7, 11) is 0. The minimum Gasteiger partial charge on any atom is -0.395 e. The summed E-state index contributed by atoms with van der Waals surface area (Å²) >= 11 is 0. The molecule has 3 heterocycles. The highest BCUT2D eigenvalue weighted by atomic mass is 16.3. The SMILES string of the molecule is OCCN1CCC(c2ccnc(Nc3cnccn3)n2)CC1. The zero-order valence-electron chi connectivity index (χ0n) is 12.4. The third kappa shape index (κ3) is 3.75. The van der Waals surface area contributed by atoms with Crippen LogP contribution in [0.5, 0.6) is 0 Å². The van der Waals surface area contributed by atoms with Crippen molar-refractivity contribution >= 4 is 11.8 Å². The molecule has 2 aromatic heterocycles. The van der Waals surface area contributed by atoms with E-state index in [0.717, 1.165) is 38.2 Å². The minimum absolute atomic E-state index is 0.227. The molecule has 2 N–H and O–H groups in total. The largest absolute Gasteiger partial charge is 0.395 e. The Kier molecular flexibility index (Phi) is 4.87. The molecule has 0 bridgehead atoms. The highest BCUT2D eigenvalue weighted by Crippen LogP contribution is 2.27. The molecule has 0 unspecified atom stereocenters. The third-order valence-electron chi connectivity index (χ3n) is 3.90. The normalized spacial score (nSPS) is 16.6. The molecule has 0 radical (unpaired) electrons. The molecule has 22 heavy (non-hydrogen) atoms. The van der Waals surface area contributed by atoms with Crippen LogP contribution in [0, 0.1) is 0 Å². The summed E-state index contributed by atoms with van der Waals surface area (Å²) in [6.45, 7) is 2.99. The van der Waals surface area contributed by atoms with Gasteiger partial charge in [-0.25, -0.2) is 15.0 Å². The maximum Gasteiger partial charge on any atom is 0.228 e. The van der Waals surface area contributed by atoms with Crippen LogP contribution in [0.25, 0.3) is 0 Å². The van der Waals surface area contributed by atoms with Crippen LogP contribution in [0.1, 0.15) is 24.5 Å². The van der Waals surface area contributed by atoms with E-state index in [-0.39, 0.29) is 6.61 Å². The first kappa shape index (κ1) is 14.8. The van der Waals surface area contributed by atoms with Crippen molar-refractivity contribution in [2.24, 2.45) is 0 Å². The van der Waals surface area contributed by atoms with Crippen molar-refractivity contribution in [3.05, 3.63) is 36.5 Å².